The number of carboxylic acid groups (broad SMARTS) is 1. The molecule has 2 unspecified atom stereocenters. The van der Waals surface area contributed by atoms with Crippen LogP contribution in [0.5, 0.6) is 0 Å². The lowest BCUT2D eigenvalue weighted by Gasteiger charge is -2.17. The quantitative estimate of drug-likeness (QED) is 0.855. The molecule has 0 aliphatic heterocycles. The molecule has 1 amide bonds. The maximum Gasteiger partial charge on any atom is 0.308 e. The third-order valence-corrected chi connectivity index (χ3v) is 4.15. The van der Waals surface area contributed by atoms with Gasteiger partial charge in [0.15, 0.2) is 0 Å². The smallest absolute Gasteiger partial charge is 0.308 e. The molecule has 1 aromatic rings. The molecule has 0 bridgehead atoms. The highest BCUT2D eigenvalue weighted by molar-refractivity contribution is 7.13. The number of hydrogen-bond donors (Lipinski definition) is 2. The number of aliphatic carboxylic acids is 1. The minimum atomic E-state index is -0.918. The maximum atomic E-state index is 12.0. The Labute approximate surface area is 110 Å². The first-order valence-electron chi connectivity index (χ1n) is 5.86. The molecule has 5 nitrogen and oxygen atoms in total. The Kier molecular flexibility index (Phi) is 4.84. The number of amides is 1. The summed E-state index contributed by atoms with van der Waals surface area (Å²) in [4.78, 5) is 27.7. The molecule has 0 radical (unpaired) electrons. The SMILES string of the molecule is CCc1nc(C)c(C(=O)NC(C)C(C)C(=O)O)s1. The molecule has 18 heavy (non-hydrogen) atoms. The lowest BCUT2D eigenvalue weighted by Crippen LogP contribution is -2.39. The average Bonchev–Trinajstić information content (AvgIpc) is 2.69. The molecule has 1 aromatic heterocycles. The van der Waals surface area contributed by atoms with Crippen LogP contribution in [0.3, 0.4) is 0 Å². The lowest BCUT2D eigenvalue weighted by molar-refractivity contribution is -0.141. The van der Waals surface area contributed by atoms with Gasteiger partial charge in [-0.05, 0) is 27.2 Å². The predicted octanol–water partition coefficient (Wildman–Crippen LogP) is 1.85. The largest absolute Gasteiger partial charge is 0.481 e. The zero-order chi connectivity index (χ0) is 13.9. The molecule has 0 saturated carbocycles. The zero-order valence-electron chi connectivity index (χ0n) is 11.0. The number of carboxylic acids is 1. The Balaban J connectivity index is 2.76. The minimum absolute atomic E-state index is 0.245. The van der Waals surface area contributed by atoms with Crippen molar-refractivity contribution in [3.63, 3.8) is 0 Å². The van der Waals surface area contributed by atoms with Crippen molar-refractivity contribution in [2.75, 3.05) is 0 Å². The Morgan fingerprint density at radius 2 is 2.06 bits per heavy atom. The van der Waals surface area contributed by atoms with Crippen LogP contribution in [0, 0.1) is 12.8 Å². The van der Waals surface area contributed by atoms with Gasteiger partial charge in [-0.25, -0.2) is 4.98 Å². The van der Waals surface area contributed by atoms with Gasteiger partial charge in [0, 0.05) is 6.04 Å². The molecule has 6 heteroatoms. The summed E-state index contributed by atoms with van der Waals surface area (Å²) in [5.74, 6) is -1.78. The van der Waals surface area contributed by atoms with E-state index < -0.39 is 17.9 Å². The Morgan fingerprint density at radius 3 is 2.50 bits per heavy atom. The molecule has 0 saturated heterocycles. The maximum absolute atomic E-state index is 12.0. The monoisotopic (exact) mass is 270 g/mol. The van der Waals surface area contributed by atoms with Crippen LogP contribution < -0.4 is 5.32 Å². The molecular formula is C12H18N2O3S. The second-order valence-electron chi connectivity index (χ2n) is 4.26. The van der Waals surface area contributed by atoms with Gasteiger partial charge in [-0.15, -0.1) is 11.3 Å². The van der Waals surface area contributed by atoms with E-state index in [1.165, 1.54) is 11.3 Å². The molecule has 0 aliphatic rings. The van der Waals surface area contributed by atoms with Gasteiger partial charge in [-0.2, -0.15) is 0 Å². The summed E-state index contributed by atoms with van der Waals surface area (Å²) < 4.78 is 0. The first-order valence-corrected chi connectivity index (χ1v) is 6.68. The summed E-state index contributed by atoms with van der Waals surface area (Å²) in [7, 11) is 0. The number of nitrogens with zero attached hydrogens (tertiary/aromatic N) is 1. The molecule has 0 fully saturated rings. The number of carbonyl (C=O) groups excluding carboxylic acids is 1. The Morgan fingerprint density at radius 1 is 1.44 bits per heavy atom. The van der Waals surface area contributed by atoms with Crippen molar-refractivity contribution in [1.29, 1.82) is 0 Å². The Bertz CT molecular complexity index is 456. The van der Waals surface area contributed by atoms with Crippen LogP contribution in [0.25, 0.3) is 0 Å². The second kappa shape index (κ2) is 5.95. The first kappa shape index (κ1) is 14.6. The number of aromatic nitrogens is 1. The van der Waals surface area contributed by atoms with Crippen molar-refractivity contribution in [2.24, 2.45) is 5.92 Å². The molecule has 2 N–H and O–H groups in total. The summed E-state index contributed by atoms with van der Waals surface area (Å²) in [6.45, 7) is 7.03. The van der Waals surface area contributed by atoms with Gasteiger partial charge in [0.2, 0.25) is 0 Å². The van der Waals surface area contributed by atoms with Gasteiger partial charge < -0.3 is 10.4 Å². The number of hydrogen-bond acceptors (Lipinski definition) is 4. The van der Waals surface area contributed by atoms with Gasteiger partial charge >= 0.3 is 5.97 Å². The third-order valence-electron chi connectivity index (χ3n) is 2.85. The van der Waals surface area contributed by atoms with Crippen molar-refractivity contribution in [2.45, 2.75) is 40.2 Å². The lowest BCUT2D eigenvalue weighted by atomic mass is 10.0. The molecule has 1 rings (SSSR count). The summed E-state index contributed by atoms with van der Waals surface area (Å²) >= 11 is 1.36. The van der Waals surface area contributed by atoms with Crippen molar-refractivity contribution in [3.05, 3.63) is 15.6 Å². The van der Waals surface area contributed by atoms with E-state index >= 15 is 0 Å². The topological polar surface area (TPSA) is 79.3 Å². The summed E-state index contributed by atoms with van der Waals surface area (Å²) in [5.41, 5.74) is 0.699. The molecule has 0 aromatic carbocycles. The number of thiazole rings is 1. The number of nitrogens with one attached hydrogen (secondary N) is 1. The van der Waals surface area contributed by atoms with E-state index in [1.807, 2.05) is 6.92 Å². The first-order chi connectivity index (χ1) is 8.36. The van der Waals surface area contributed by atoms with Gasteiger partial charge in [0.05, 0.1) is 16.6 Å². The van der Waals surface area contributed by atoms with Crippen molar-refractivity contribution >= 4 is 23.2 Å². The standard InChI is InChI=1S/C12H18N2O3S/c1-5-9-13-8(4)10(18-9)11(15)14-7(3)6(2)12(16)17/h6-7H,5H2,1-4H3,(H,14,15)(H,16,17). The summed E-state index contributed by atoms with van der Waals surface area (Å²) in [5, 5.41) is 12.5. The van der Waals surface area contributed by atoms with Crippen LogP contribution in [0.4, 0.5) is 0 Å². The number of carbonyl (C=O) groups is 2. The van der Waals surface area contributed by atoms with E-state index in [9.17, 15) is 9.59 Å². The molecule has 100 valence electrons. The Hall–Kier alpha value is -1.43. The van der Waals surface area contributed by atoms with Gasteiger partial charge in [-0.3, -0.25) is 9.59 Å². The fraction of sp³-hybridized carbons (Fsp3) is 0.583. The normalized spacial score (nSPS) is 14.0. The van der Waals surface area contributed by atoms with Gasteiger partial charge in [0.1, 0.15) is 4.88 Å². The zero-order valence-corrected chi connectivity index (χ0v) is 11.8. The molecule has 0 spiro atoms. The highest BCUT2D eigenvalue weighted by Crippen LogP contribution is 2.18. The predicted molar refractivity (Wildman–Crippen MR) is 70.0 cm³/mol. The van der Waals surface area contributed by atoms with E-state index in [1.54, 1.807) is 20.8 Å². The van der Waals surface area contributed by atoms with E-state index in [4.69, 9.17) is 5.11 Å². The van der Waals surface area contributed by atoms with Gasteiger partial charge in [-0.1, -0.05) is 6.92 Å². The highest BCUT2D eigenvalue weighted by Gasteiger charge is 2.23. The third kappa shape index (κ3) is 3.29. The molecule has 0 aliphatic carbocycles. The summed E-state index contributed by atoms with van der Waals surface area (Å²) in [6.07, 6.45) is 0.792. The van der Waals surface area contributed by atoms with Crippen LogP contribution in [-0.2, 0) is 11.2 Å². The average molecular weight is 270 g/mol. The highest BCUT2D eigenvalue weighted by atomic mass is 32.1. The second-order valence-corrected chi connectivity index (χ2v) is 5.35. The van der Waals surface area contributed by atoms with Crippen LogP contribution in [0.2, 0.25) is 0 Å². The van der Waals surface area contributed by atoms with Crippen LogP contribution in [0.1, 0.15) is 41.1 Å². The minimum Gasteiger partial charge on any atom is -0.481 e. The molecular weight excluding hydrogens is 252 g/mol. The molecule has 1 heterocycles. The van der Waals surface area contributed by atoms with E-state index in [2.05, 4.69) is 10.3 Å². The van der Waals surface area contributed by atoms with Crippen LogP contribution >= 0.6 is 11.3 Å². The summed E-state index contributed by atoms with van der Waals surface area (Å²) in [6, 6.07) is -0.415. The van der Waals surface area contributed by atoms with Crippen molar-refractivity contribution < 1.29 is 14.7 Å². The van der Waals surface area contributed by atoms with Crippen LogP contribution in [-0.4, -0.2) is 28.0 Å². The van der Waals surface area contributed by atoms with Crippen molar-refractivity contribution in [1.82, 2.24) is 10.3 Å². The number of rotatable bonds is 5. The number of aryl methyl sites for hydroxylation is 2. The van der Waals surface area contributed by atoms with Gasteiger partial charge in [0.25, 0.3) is 5.91 Å². The van der Waals surface area contributed by atoms with Crippen LogP contribution in [0.15, 0.2) is 0 Å². The van der Waals surface area contributed by atoms with E-state index in [0.717, 1.165) is 11.4 Å². The van der Waals surface area contributed by atoms with E-state index in [0.29, 0.717) is 10.6 Å². The van der Waals surface area contributed by atoms with E-state index in [-0.39, 0.29) is 5.91 Å². The fourth-order valence-electron chi connectivity index (χ4n) is 1.43. The fourth-order valence-corrected chi connectivity index (χ4v) is 2.33. The molecule has 2 atom stereocenters. The van der Waals surface area contributed by atoms with Crippen molar-refractivity contribution in [3.8, 4) is 0 Å².